The van der Waals surface area contributed by atoms with E-state index in [1.807, 2.05) is 50.0 Å². The topological polar surface area (TPSA) is 63.9 Å². The molecule has 0 bridgehead atoms. The van der Waals surface area contributed by atoms with Gasteiger partial charge in [-0.1, -0.05) is 26.0 Å². The van der Waals surface area contributed by atoms with Gasteiger partial charge < -0.3 is 19.7 Å². The molecule has 1 aromatic heterocycles. The number of nitrogens with zero attached hydrogens (tertiary/aromatic N) is 4. The van der Waals surface area contributed by atoms with Gasteiger partial charge in [-0.25, -0.2) is 4.99 Å². The number of para-hydroxylation sites is 2. The van der Waals surface area contributed by atoms with Crippen LogP contribution in [0, 0.1) is 0 Å². The number of rotatable bonds is 9. The van der Waals surface area contributed by atoms with Crippen LogP contribution in [0.1, 0.15) is 44.9 Å². The third-order valence-corrected chi connectivity index (χ3v) is 4.48. The summed E-state index contributed by atoms with van der Waals surface area (Å²) in [6.45, 7) is 10.5. The van der Waals surface area contributed by atoms with Crippen molar-refractivity contribution in [1.82, 2.24) is 20.0 Å². The summed E-state index contributed by atoms with van der Waals surface area (Å²) in [7, 11) is 5.66. The van der Waals surface area contributed by atoms with Crippen molar-refractivity contribution in [3.8, 4) is 11.5 Å². The van der Waals surface area contributed by atoms with Crippen LogP contribution in [0.4, 0.5) is 0 Å². The average molecular weight is 402 g/mol. The fourth-order valence-electron chi connectivity index (χ4n) is 3.15. The van der Waals surface area contributed by atoms with Crippen LogP contribution in [0.5, 0.6) is 11.5 Å². The monoisotopic (exact) mass is 401 g/mol. The van der Waals surface area contributed by atoms with E-state index in [0.29, 0.717) is 12.5 Å². The van der Waals surface area contributed by atoms with Crippen LogP contribution >= 0.6 is 0 Å². The third-order valence-electron chi connectivity index (χ3n) is 4.48. The van der Waals surface area contributed by atoms with Crippen molar-refractivity contribution in [2.75, 3.05) is 27.2 Å². The molecule has 1 unspecified atom stereocenters. The largest absolute Gasteiger partial charge is 0.493 e. The second kappa shape index (κ2) is 10.7. The van der Waals surface area contributed by atoms with Crippen LogP contribution in [-0.2, 0) is 13.6 Å². The number of guanidine groups is 1. The van der Waals surface area contributed by atoms with Crippen molar-refractivity contribution in [2.45, 2.75) is 46.3 Å². The Labute approximate surface area is 174 Å². The normalized spacial score (nSPS) is 12.8. The Bertz CT molecular complexity index is 800. The fraction of sp³-hybridized carbons (Fsp3) is 0.545. The highest BCUT2D eigenvalue weighted by Gasteiger charge is 2.16. The maximum atomic E-state index is 6.03. The van der Waals surface area contributed by atoms with E-state index in [1.165, 1.54) is 5.56 Å². The molecule has 0 aliphatic heterocycles. The van der Waals surface area contributed by atoms with E-state index in [2.05, 4.69) is 42.3 Å². The molecule has 7 nitrogen and oxygen atoms in total. The van der Waals surface area contributed by atoms with Crippen LogP contribution in [0.15, 0.2) is 35.5 Å². The van der Waals surface area contributed by atoms with E-state index in [0.717, 1.165) is 36.2 Å². The van der Waals surface area contributed by atoms with Crippen LogP contribution in [0.2, 0.25) is 0 Å². The van der Waals surface area contributed by atoms with Crippen molar-refractivity contribution in [1.29, 1.82) is 0 Å². The van der Waals surface area contributed by atoms with Gasteiger partial charge in [-0.3, -0.25) is 4.68 Å². The average Bonchev–Trinajstić information content (AvgIpc) is 3.05. The Morgan fingerprint density at radius 1 is 1.24 bits per heavy atom. The lowest BCUT2D eigenvalue weighted by atomic mass is 10.1. The van der Waals surface area contributed by atoms with Crippen molar-refractivity contribution in [2.24, 2.45) is 12.0 Å². The van der Waals surface area contributed by atoms with Gasteiger partial charge in [0, 0.05) is 38.9 Å². The van der Waals surface area contributed by atoms with Gasteiger partial charge in [-0.2, -0.15) is 5.10 Å². The minimum atomic E-state index is -0.0852. The molecule has 0 spiro atoms. The third kappa shape index (κ3) is 6.41. The second-order valence-electron chi connectivity index (χ2n) is 7.50. The Balaban J connectivity index is 2.06. The van der Waals surface area contributed by atoms with Crippen LogP contribution in [0.3, 0.4) is 0 Å². The number of aromatic nitrogens is 2. The quantitative estimate of drug-likeness (QED) is 0.515. The highest BCUT2D eigenvalue weighted by molar-refractivity contribution is 5.79. The van der Waals surface area contributed by atoms with Crippen molar-refractivity contribution in [3.63, 3.8) is 0 Å². The molecular formula is C22H35N5O2. The number of methoxy groups -OCH3 is 1. The summed E-state index contributed by atoms with van der Waals surface area (Å²) in [5.74, 6) is 2.69. The van der Waals surface area contributed by atoms with Crippen molar-refractivity contribution < 1.29 is 9.47 Å². The SMILES string of the molecule is CCNC(=NCC(C)Oc1ccccc1OC)N(C)Cc1cn(C)nc1C(C)C. The predicted molar refractivity (Wildman–Crippen MR) is 118 cm³/mol. The summed E-state index contributed by atoms with van der Waals surface area (Å²) in [6.07, 6.45) is 2.00. The zero-order chi connectivity index (χ0) is 21.4. The van der Waals surface area contributed by atoms with Crippen LogP contribution < -0.4 is 14.8 Å². The number of ether oxygens (including phenoxy) is 2. The summed E-state index contributed by atoms with van der Waals surface area (Å²) >= 11 is 0. The second-order valence-corrected chi connectivity index (χ2v) is 7.50. The lowest BCUT2D eigenvalue weighted by molar-refractivity contribution is 0.219. The molecule has 0 saturated heterocycles. The minimum absolute atomic E-state index is 0.0852. The van der Waals surface area contributed by atoms with Crippen molar-refractivity contribution >= 4 is 5.96 Å². The fourth-order valence-corrected chi connectivity index (χ4v) is 3.15. The first-order valence-electron chi connectivity index (χ1n) is 10.2. The number of aliphatic imine (C=N–C) groups is 1. The first-order chi connectivity index (χ1) is 13.8. The molecule has 29 heavy (non-hydrogen) atoms. The molecule has 2 rings (SSSR count). The highest BCUT2D eigenvalue weighted by atomic mass is 16.5. The smallest absolute Gasteiger partial charge is 0.194 e. The van der Waals surface area contributed by atoms with E-state index >= 15 is 0 Å². The van der Waals surface area contributed by atoms with Gasteiger partial charge in [0.05, 0.1) is 19.3 Å². The zero-order valence-corrected chi connectivity index (χ0v) is 18.8. The Morgan fingerprint density at radius 2 is 1.93 bits per heavy atom. The molecule has 1 N–H and O–H groups in total. The molecule has 0 amide bonds. The number of aryl methyl sites for hydroxylation is 1. The molecule has 2 aromatic rings. The Morgan fingerprint density at radius 3 is 2.55 bits per heavy atom. The van der Waals surface area contributed by atoms with E-state index in [9.17, 15) is 0 Å². The zero-order valence-electron chi connectivity index (χ0n) is 18.8. The van der Waals surface area contributed by atoms with E-state index in [-0.39, 0.29) is 6.10 Å². The van der Waals surface area contributed by atoms with Gasteiger partial charge >= 0.3 is 0 Å². The van der Waals surface area contributed by atoms with E-state index < -0.39 is 0 Å². The maximum Gasteiger partial charge on any atom is 0.194 e. The lowest BCUT2D eigenvalue weighted by Gasteiger charge is -2.23. The van der Waals surface area contributed by atoms with Gasteiger partial charge in [0.25, 0.3) is 0 Å². The highest BCUT2D eigenvalue weighted by Crippen LogP contribution is 2.26. The van der Waals surface area contributed by atoms with Crippen molar-refractivity contribution in [3.05, 3.63) is 41.7 Å². The van der Waals surface area contributed by atoms with Gasteiger partial charge in [0.15, 0.2) is 17.5 Å². The molecule has 1 heterocycles. The van der Waals surface area contributed by atoms with Gasteiger partial charge in [0.2, 0.25) is 0 Å². The molecule has 0 fully saturated rings. The summed E-state index contributed by atoms with van der Waals surface area (Å²) in [4.78, 5) is 6.91. The summed E-state index contributed by atoms with van der Waals surface area (Å²) in [5.41, 5.74) is 2.34. The number of benzene rings is 1. The van der Waals surface area contributed by atoms with Gasteiger partial charge in [-0.15, -0.1) is 0 Å². The molecule has 0 radical (unpaired) electrons. The maximum absolute atomic E-state index is 6.03. The molecule has 1 atom stereocenters. The number of hydrogen-bond donors (Lipinski definition) is 1. The number of hydrogen-bond acceptors (Lipinski definition) is 4. The van der Waals surface area contributed by atoms with Gasteiger partial charge in [0.1, 0.15) is 6.10 Å². The summed E-state index contributed by atoms with van der Waals surface area (Å²) in [6, 6.07) is 7.66. The van der Waals surface area contributed by atoms with Crippen LogP contribution in [0.25, 0.3) is 0 Å². The Hall–Kier alpha value is -2.70. The molecule has 0 saturated carbocycles. The lowest BCUT2D eigenvalue weighted by Crippen LogP contribution is -2.39. The molecular weight excluding hydrogens is 366 g/mol. The molecule has 7 heteroatoms. The first kappa shape index (κ1) is 22.6. The van der Waals surface area contributed by atoms with Gasteiger partial charge in [-0.05, 0) is 31.9 Å². The summed E-state index contributed by atoms with van der Waals surface area (Å²) in [5, 5.41) is 7.97. The standard InChI is InChI=1S/C22H35N5O2/c1-8-23-22(26(5)14-18-15-27(6)25-21(18)16(2)3)24-13-17(4)29-20-12-10-9-11-19(20)28-7/h9-12,15-17H,8,13-14H2,1-7H3,(H,23,24). The predicted octanol–water partition coefficient (Wildman–Crippen LogP) is 3.42. The molecule has 1 aromatic carbocycles. The minimum Gasteiger partial charge on any atom is -0.493 e. The molecule has 0 aliphatic carbocycles. The number of nitrogens with one attached hydrogen (secondary N) is 1. The molecule has 0 aliphatic rings. The Kier molecular flexibility index (Phi) is 8.36. The van der Waals surface area contributed by atoms with E-state index in [1.54, 1.807) is 7.11 Å². The molecule has 160 valence electrons. The van der Waals surface area contributed by atoms with E-state index in [4.69, 9.17) is 14.5 Å². The first-order valence-corrected chi connectivity index (χ1v) is 10.2. The summed E-state index contributed by atoms with van der Waals surface area (Å²) < 4.78 is 13.3. The van der Waals surface area contributed by atoms with Crippen LogP contribution in [-0.4, -0.2) is 54.0 Å².